The molecule has 0 aliphatic carbocycles. The Morgan fingerprint density at radius 3 is 1.94 bits per heavy atom. The van der Waals surface area contributed by atoms with E-state index in [2.05, 4.69) is 21.4 Å². The predicted octanol–water partition coefficient (Wildman–Crippen LogP) is 6.61. The van der Waals surface area contributed by atoms with Gasteiger partial charge in [0.15, 0.2) is 0 Å². The van der Waals surface area contributed by atoms with Crippen molar-refractivity contribution in [2.75, 3.05) is 6.54 Å². The molecule has 1 rings (SSSR count). The number of phosphoric acid groups is 1. The summed E-state index contributed by atoms with van der Waals surface area (Å²) in [6.07, 6.45) is 21.3. The Morgan fingerprint density at radius 1 is 0.938 bits per heavy atom. The SMILES string of the molecule is CCCCCCCCCCCCCCCCN=Cc1c(COP(=O)(O)O)cnc(C)c1O. The quantitative estimate of drug-likeness (QED) is 0.119. The minimum absolute atomic E-state index is 0.0403. The van der Waals surface area contributed by atoms with E-state index in [0.29, 0.717) is 23.4 Å². The van der Waals surface area contributed by atoms with Crippen molar-refractivity contribution in [3.8, 4) is 5.75 Å². The molecule has 1 heterocycles. The standard InChI is InChI=1S/C24H43N2O5P/c1-3-4-5-6-7-8-9-10-11-12-13-14-15-16-17-25-19-23-22(20-31-32(28,29)30)18-26-21(2)24(23)27/h18-19,27H,3-17,20H2,1-2H3,(H2,28,29,30). The highest BCUT2D eigenvalue weighted by Gasteiger charge is 2.17. The highest BCUT2D eigenvalue weighted by molar-refractivity contribution is 7.46. The number of aryl methyl sites for hydroxylation is 1. The first-order valence-electron chi connectivity index (χ1n) is 12.2. The summed E-state index contributed by atoms with van der Waals surface area (Å²) in [6.45, 7) is 4.23. The average Bonchev–Trinajstić information content (AvgIpc) is 2.74. The Labute approximate surface area is 194 Å². The molecule has 0 unspecified atom stereocenters. The van der Waals surface area contributed by atoms with Crippen molar-refractivity contribution >= 4 is 14.0 Å². The number of aromatic hydroxyl groups is 1. The van der Waals surface area contributed by atoms with Gasteiger partial charge in [0.25, 0.3) is 0 Å². The first-order chi connectivity index (χ1) is 15.3. The fourth-order valence-electron chi connectivity index (χ4n) is 3.62. The van der Waals surface area contributed by atoms with Gasteiger partial charge in [-0.2, -0.15) is 0 Å². The second kappa shape index (κ2) is 17.2. The van der Waals surface area contributed by atoms with Gasteiger partial charge in [0.1, 0.15) is 5.75 Å². The van der Waals surface area contributed by atoms with Crippen molar-refractivity contribution in [1.82, 2.24) is 4.98 Å². The van der Waals surface area contributed by atoms with Crippen molar-refractivity contribution in [2.45, 2.75) is 110 Å². The van der Waals surface area contributed by atoms with Gasteiger partial charge in [0, 0.05) is 30.1 Å². The van der Waals surface area contributed by atoms with Crippen LogP contribution in [0.4, 0.5) is 0 Å². The van der Waals surface area contributed by atoms with E-state index >= 15 is 0 Å². The van der Waals surface area contributed by atoms with Gasteiger partial charge in [-0.1, -0.05) is 90.4 Å². The zero-order chi connectivity index (χ0) is 23.7. The zero-order valence-electron chi connectivity index (χ0n) is 20.0. The molecular weight excluding hydrogens is 427 g/mol. The molecule has 1 aromatic heterocycles. The topological polar surface area (TPSA) is 112 Å². The molecule has 1 aromatic rings. The maximum Gasteiger partial charge on any atom is 0.469 e. The first-order valence-corrected chi connectivity index (χ1v) is 13.8. The number of pyridine rings is 1. The Kier molecular flexibility index (Phi) is 15.5. The van der Waals surface area contributed by atoms with Crippen LogP contribution in [0.3, 0.4) is 0 Å². The van der Waals surface area contributed by atoms with Crippen molar-refractivity contribution in [3.63, 3.8) is 0 Å². The third kappa shape index (κ3) is 14.0. The molecule has 0 amide bonds. The Bertz CT molecular complexity index is 706. The molecule has 8 heteroatoms. The van der Waals surface area contributed by atoms with E-state index < -0.39 is 7.82 Å². The van der Waals surface area contributed by atoms with Crippen LogP contribution >= 0.6 is 7.82 Å². The smallest absolute Gasteiger partial charge is 0.469 e. The molecule has 0 fully saturated rings. The van der Waals surface area contributed by atoms with Gasteiger partial charge in [0.05, 0.1) is 12.3 Å². The Hall–Kier alpha value is -1.27. The highest BCUT2D eigenvalue weighted by Crippen LogP contribution is 2.37. The molecule has 3 N–H and O–H groups in total. The molecule has 0 saturated heterocycles. The zero-order valence-corrected chi connectivity index (χ0v) is 20.9. The van der Waals surface area contributed by atoms with Gasteiger partial charge in [0.2, 0.25) is 0 Å². The van der Waals surface area contributed by atoms with E-state index in [0.717, 1.165) is 12.8 Å². The summed E-state index contributed by atoms with van der Waals surface area (Å²) in [5.74, 6) is -0.0403. The van der Waals surface area contributed by atoms with E-state index in [1.54, 1.807) is 13.1 Å². The maximum absolute atomic E-state index is 10.9. The van der Waals surface area contributed by atoms with Gasteiger partial charge >= 0.3 is 7.82 Å². The summed E-state index contributed by atoms with van der Waals surface area (Å²) in [5, 5.41) is 10.2. The predicted molar refractivity (Wildman–Crippen MR) is 130 cm³/mol. The van der Waals surface area contributed by atoms with Crippen LogP contribution < -0.4 is 0 Å². The second-order valence-corrected chi connectivity index (χ2v) is 9.77. The number of unbranched alkanes of at least 4 members (excludes halogenated alkanes) is 13. The van der Waals surface area contributed by atoms with Crippen LogP contribution in [0, 0.1) is 6.92 Å². The highest BCUT2D eigenvalue weighted by atomic mass is 31.2. The summed E-state index contributed by atoms with van der Waals surface area (Å²) in [5.41, 5.74) is 1.22. The van der Waals surface area contributed by atoms with Crippen LogP contribution in [0.2, 0.25) is 0 Å². The molecule has 0 aromatic carbocycles. The third-order valence-electron chi connectivity index (χ3n) is 5.61. The molecule has 0 aliphatic rings. The molecule has 0 bridgehead atoms. The van der Waals surface area contributed by atoms with Gasteiger partial charge in [-0.25, -0.2) is 4.57 Å². The van der Waals surface area contributed by atoms with Crippen molar-refractivity contribution in [3.05, 3.63) is 23.0 Å². The third-order valence-corrected chi connectivity index (χ3v) is 6.07. The van der Waals surface area contributed by atoms with Crippen LogP contribution in [0.1, 0.15) is 114 Å². The van der Waals surface area contributed by atoms with Crippen molar-refractivity contribution in [2.24, 2.45) is 4.99 Å². The molecular formula is C24H43N2O5P. The minimum Gasteiger partial charge on any atom is -0.505 e. The van der Waals surface area contributed by atoms with Crippen LogP contribution in [0.25, 0.3) is 0 Å². The molecule has 0 aliphatic heterocycles. The monoisotopic (exact) mass is 470 g/mol. The number of hydrogen-bond acceptors (Lipinski definition) is 5. The van der Waals surface area contributed by atoms with Gasteiger partial charge in [-0.05, 0) is 13.3 Å². The number of hydrogen-bond donors (Lipinski definition) is 3. The number of aliphatic imine (C=N–C) groups is 1. The number of nitrogens with zero attached hydrogens (tertiary/aromatic N) is 2. The molecule has 7 nitrogen and oxygen atoms in total. The molecule has 184 valence electrons. The van der Waals surface area contributed by atoms with E-state index in [4.69, 9.17) is 9.79 Å². The van der Waals surface area contributed by atoms with E-state index in [-0.39, 0.29) is 12.4 Å². The van der Waals surface area contributed by atoms with Crippen molar-refractivity contribution in [1.29, 1.82) is 0 Å². The summed E-state index contributed by atoms with van der Waals surface area (Å²) >= 11 is 0. The minimum atomic E-state index is -4.60. The fraction of sp³-hybridized carbons (Fsp3) is 0.750. The molecule has 0 radical (unpaired) electrons. The van der Waals surface area contributed by atoms with Gasteiger partial charge < -0.3 is 14.9 Å². The molecule has 0 saturated carbocycles. The van der Waals surface area contributed by atoms with E-state index in [1.165, 1.54) is 83.2 Å². The number of phosphoric ester groups is 1. The van der Waals surface area contributed by atoms with E-state index in [9.17, 15) is 9.67 Å². The Morgan fingerprint density at radius 2 is 1.44 bits per heavy atom. The molecule has 0 spiro atoms. The molecule has 32 heavy (non-hydrogen) atoms. The lowest BCUT2D eigenvalue weighted by molar-refractivity contribution is 0.188. The fourth-order valence-corrected chi connectivity index (χ4v) is 3.93. The largest absolute Gasteiger partial charge is 0.505 e. The average molecular weight is 471 g/mol. The van der Waals surface area contributed by atoms with Gasteiger partial charge in [-0.3, -0.25) is 14.5 Å². The second-order valence-electron chi connectivity index (χ2n) is 8.53. The summed E-state index contributed by atoms with van der Waals surface area (Å²) in [7, 11) is -4.60. The van der Waals surface area contributed by atoms with Crippen molar-refractivity contribution < 1.29 is 24.0 Å². The maximum atomic E-state index is 10.9. The van der Waals surface area contributed by atoms with E-state index in [1.807, 2.05) is 0 Å². The van der Waals surface area contributed by atoms with Gasteiger partial charge in [-0.15, -0.1) is 0 Å². The lowest BCUT2D eigenvalue weighted by atomic mass is 10.0. The number of rotatable bonds is 19. The Balaban J connectivity index is 2.16. The summed E-state index contributed by atoms with van der Waals surface area (Å²) < 4.78 is 15.5. The van der Waals surface area contributed by atoms with Crippen LogP contribution in [-0.4, -0.2) is 32.6 Å². The lowest BCUT2D eigenvalue weighted by Crippen LogP contribution is -2.01. The summed E-state index contributed by atoms with van der Waals surface area (Å²) in [6, 6.07) is 0. The molecule has 0 atom stereocenters. The van der Waals surface area contributed by atoms with Crippen LogP contribution in [0.5, 0.6) is 5.75 Å². The number of aromatic nitrogens is 1. The van der Waals surface area contributed by atoms with Crippen LogP contribution in [0.15, 0.2) is 11.2 Å². The lowest BCUT2D eigenvalue weighted by Gasteiger charge is -2.10. The van der Waals surface area contributed by atoms with Crippen LogP contribution in [-0.2, 0) is 15.7 Å². The first kappa shape index (κ1) is 28.8. The summed E-state index contributed by atoms with van der Waals surface area (Å²) in [4.78, 5) is 26.2. The normalized spacial score (nSPS) is 12.1.